The number of anilines is 1. The molecule has 2 N–H and O–H groups in total. The van der Waals surface area contributed by atoms with Crippen LogP contribution >= 0.6 is 0 Å². The third kappa shape index (κ3) is 1.52. The van der Waals surface area contributed by atoms with Gasteiger partial charge in [-0.2, -0.15) is 10.1 Å². The average molecular weight is 206 g/mol. The van der Waals surface area contributed by atoms with Crippen molar-refractivity contribution in [2.24, 2.45) is 17.8 Å². The number of fused-ring (bicyclic) bond motifs is 1. The van der Waals surface area contributed by atoms with Crippen molar-refractivity contribution in [2.45, 2.75) is 25.7 Å². The summed E-state index contributed by atoms with van der Waals surface area (Å²) in [4.78, 5) is 15.7. The first-order valence-electron chi connectivity index (χ1n) is 5.52. The Hall–Kier alpha value is -1.39. The van der Waals surface area contributed by atoms with Crippen LogP contribution in [-0.4, -0.2) is 21.1 Å². The van der Waals surface area contributed by atoms with Crippen LogP contribution in [-0.2, 0) is 4.79 Å². The van der Waals surface area contributed by atoms with Crippen LogP contribution in [0.5, 0.6) is 0 Å². The van der Waals surface area contributed by atoms with Gasteiger partial charge in [-0.25, -0.2) is 5.10 Å². The standard InChI is InChI=1S/C10H14N4O/c15-9(13-10-11-5-12-14-10)8-6-3-1-2-4-7(6)8/h5-8H,1-4H2,(H2,11,12,13,14,15). The summed E-state index contributed by atoms with van der Waals surface area (Å²) in [6.07, 6.45) is 6.41. The molecule has 0 radical (unpaired) electrons. The molecule has 0 saturated heterocycles. The number of aromatic nitrogens is 3. The highest BCUT2D eigenvalue weighted by molar-refractivity contribution is 5.93. The Morgan fingerprint density at radius 3 is 2.73 bits per heavy atom. The molecule has 5 nitrogen and oxygen atoms in total. The van der Waals surface area contributed by atoms with E-state index in [1.54, 1.807) is 0 Å². The van der Waals surface area contributed by atoms with Crippen molar-refractivity contribution >= 4 is 11.9 Å². The first-order chi connectivity index (χ1) is 7.36. The van der Waals surface area contributed by atoms with Gasteiger partial charge < -0.3 is 0 Å². The number of hydrogen-bond donors (Lipinski definition) is 2. The minimum atomic E-state index is 0.114. The normalized spacial score (nSPS) is 33.2. The summed E-state index contributed by atoms with van der Waals surface area (Å²) < 4.78 is 0. The molecule has 1 heterocycles. The molecule has 1 amide bonds. The van der Waals surface area contributed by atoms with Crippen LogP contribution < -0.4 is 5.32 Å². The zero-order chi connectivity index (χ0) is 10.3. The number of hydrogen-bond acceptors (Lipinski definition) is 3. The van der Waals surface area contributed by atoms with Gasteiger partial charge in [0.1, 0.15) is 6.33 Å². The number of nitrogens with zero attached hydrogens (tertiary/aromatic N) is 2. The number of H-pyrrole nitrogens is 1. The number of aromatic amines is 1. The van der Waals surface area contributed by atoms with Gasteiger partial charge in [-0.1, -0.05) is 12.8 Å². The van der Waals surface area contributed by atoms with Crippen molar-refractivity contribution in [3.05, 3.63) is 6.33 Å². The molecule has 0 aliphatic heterocycles. The molecule has 0 bridgehead atoms. The highest BCUT2D eigenvalue weighted by Crippen LogP contribution is 2.55. The van der Waals surface area contributed by atoms with E-state index in [0.717, 1.165) is 0 Å². The highest BCUT2D eigenvalue weighted by Gasteiger charge is 2.54. The molecule has 0 aromatic carbocycles. The molecule has 5 heteroatoms. The zero-order valence-corrected chi connectivity index (χ0v) is 8.44. The number of carbonyl (C=O) groups excluding carboxylic acids is 1. The number of amides is 1. The van der Waals surface area contributed by atoms with Crippen LogP contribution in [0.2, 0.25) is 0 Å². The SMILES string of the molecule is O=C(Nc1ncn[nH]1)C1C2CCCCC21. The van der Waals surface area contributed by atoms with E-state index in [1.807, 2.05) is 0 Å². The first kappa shape index (κ1) is 8.88. The lowest BCUT2D eigenvalue weighted by atomic mass is 10.0. The average Bonchev–Trinajstić information content (AvgIpc) is 2.77. The lowest BCUT2D eigenvalue weighted by Gasteiger charge is -2.04. The van der Waals surface area contributed by atoms with Crippen LogP contribution in [0.3, 0.4) is 0 Å². The van der Waals surface area contributed by atoms with Crippen molar-refractivity contribution in [2.75, 3.05) is 5.32 Å². The van der Waals surface area contributed by atoms with Gasteiger partial charge in [-0.05, 0) is 24.7 Å². The maximum atomic E-state index is 11.8. The Morgan fingerprint density at radius 2 is 2.13 bits per heavy atom. The first-order valence-corrected chi connectivity index (χ1v) is 5.52. The number of nitrogens with one attached hydrogen (secondary N) is 2. The monoisotopic (exact) mass is 206 g/mol. The number of rotatable bonds is 2. The third-order valence-electron chi connectivity index (χ3n) is 3.62. The predicted octanol–water partition coefficient (Wildman–Crippen LogP) is 1.18. The van der Waals surface area contributed by atoms with Crippen LogP contribution in [0.4, 0.5) is 5.95 Å². The van der Waals surface area contributed by atoms with E-state index >= 15 is 0 Å². The van der Waals surface area contributed by atoms with Gasteiger partial charge in [0.2, 0.25) is 11.9 Å². The molecule has 1 aromatic rings. The Morgan fingerprint density at radius 1 is 1.40 bits per heavy atom. The van der Waals surface area contributed by atoms with Crippen molar-refractivity contribution in [1.82, 2.24) is 15.2 Å². The van der Waals surface area contributed by atoms with E-state index in [9.17, 15) is 4.79 Å². The van der Waals surface area contributed by atoms with Gasteiger partial charge >= 0.3 is 0 Å². The fourth-order valence-corrected chi connectivity index (χ4v) is 2.85. The van der Waals surface area contributed by atoms with Crippen molar-refractivity contribution in [3.8, 4) is 0 Å². The summed E-state index contributed by atoms with van der Waals surface area (Å²) in [5.41, 5.74) is 0. The Kier molecular flexibility index (Phi) is 1.97. The molecule has 2 unspecified atom stereocenters. The fraction of sp³-hybridized carbons (Fsp3) is 0.700. The molecule has 1 aromatic heterocycles. The summed E-state index contributed by atoms with van der Waals surface area (Å²) in [5, 5.41) is 9.11. The Bertz CT molecular complexity index is 350. The lowest BCUT2D eigenvalue weighted by molar-refractivity contribution is -0.117. The highest BCUT2D eigenvalue weighted by atomic mass is 16.2. The molecule has 15 heavy (non-hydrogen) atoms. The molecule has 0 spiro atoms. The second kappa shape index (κ2) is 3.32. The third-order valence-corrected chi connectivity index (χ3v) is 3.62. The Balaban J connectivity index is 1.62. The lowest BCUT2D eigenvalue weighted by Crippen LogP contribution is -2.16. The van der Waals surface area contributed by atoms with Gasteiger partial charge in [0.25, 0.3) is 0 Å². The van der Waals surface area contributed by atoms with Crippen LogP contribution in [0, 0.1) is 17.8 Å². The molecule has 2 atom stereocenters. The number of carbonyl (C=O) groups is 1. The minimum absolute atomic E-state index is 0.114. The molecular formula is C10H14N4O. The summed E-state index contributed by atoms with van der Waals surface area (Å²) in [6, 6.07) is 0. The second-order valence-corrected chi connectivity index (χ2v) is 4.46. The van der Waals surface area contributed by atoms with Gasteiger partial charge in [0.05, 0.1) is 0 Å². The summed E-state index contributed by atoms with van der Waals surface area (Å²) in [6.45, 7) is 0. The summed E-state index contributed by atoms with van der Waals surface area (Å²) in [5.74, 6) is 2.09. The van der Waals surface area contributed by atoms with E-state index in [0.29, 0.717) is 17.8 Å². The second-order valence-electron chi connectivity index (χ2n) is 4.46. The molecule has 80 valence electrons. The fourth-order valence-electron chi connectivity index (χ4n) is 2.85. The van der Waals surface area contributed by atoms with E-state index in [2.05, 4.69) is 20.5 Å². The topological polar surface area (TPSA) is 70.7 Å². The maximum Gasteiger partial charge on any atom is 0.230 e. The molecule has 2 aliphatic carbocycles. The van der Waals surface area contributed by atoms with Crippen LogP contribution in [0.25, 0.3) is 0 Å². The van der Waals surface area contributed by atoms with Crippen LogP contribution in [0.1, 0.15) is 25.7 Å². The smallest absolute Gasteiger partial charge is 0.230 e. The maximum absolute atomic E-state index is 11.8. The predicted molar refractivity (Wildman–Crippen MR) is 54.0 cm³/mol. The van der Waals surface area contributed by atoms with Crippen molar-refractivity contribution < 1.29 is 4.79 Å². The molecule has 3 rings (SSSR count). The quantitative estimate of drug-likeness (QED) is 0.763. The summed E-state index contributed by atoms with van der Waals surface area (Å²) in [7, 11) is 0. The van der Waals surface area contributed by atoms with E-state index in [-0.39, 0.29) is 11.8 Å². The van der Waals surface area contributed by atoms with Crippen LogP contribution in [0.15, 0.2) is 6.33 Å². The minimum Gasteiger partial charge on any atom is -0.295 e. The molecular weight excluding hydrogens is 192 g/mol. The van der Waals surface area contributed by atoms with Gasteiger partial charge in [-0.3, -0.25) is 10.1 Å². The van der Waals surface area contributed by atoms with E-state index < -0.39 is 0 Å². The van der Waals surface area contributed by atoms with E-state index in [1.165, 1.54) is 32.0 Å². The van der Waals surface area contributed by atoms with Gasteiger partial charge in [0, 0.05) is 5.92 Å². The van der Waals surface area contributed by atoms with Crippen molar-refractivity contribution in [3.63, 3.8) is 0 Å². The van der Waals surface area contributed by atoms with Gasteiger partial charge in [-0.15, -0.1) is 0 Å². The van der Waals surface area contributed by atoms with E-state index in [4.69, 9.17) is 0 Å². The zero-order valence-electron chi connectivity index (χ0n) is 8.44. The van der Waals surface area contributed by atoms with Crippen molar-refractivity contribution in [1.29, 1.82) is 0 Å². The Labute approximate surface area is 87.7 Å². The summed E-state index contributed by atoms with van der Waals surface area (Å²) >= 11 is 0. The molecule has 2 fully saturated rings. The van der Waals surface area contributed by atoms with Gasteiger partial charge in [0.15, 0.2) is 0 Å². The largest absolute Gasteiger partial charge is 0.295 e. The molecule has 2 saturated carbocycles. The molecule has 2 aliphatic rings.